The summed E-state index contributed by atoms with van der Waals surface area (Å²) in [5, 5.41) is 23.1. The second kappa shape index (κ2) is 9.74. The molecule has 0 aliphatic carbocycles. The van der Waals surface area contributed by atoms with Gasteiger partial charge in [-0.15, -0.1) is 0 Å². The van der Waals surface area contributed by atoms with Crippen molar-refractivity contribution in [3.8, 4) is 45.5 Å². The van der Waals surface area contributed by atoms with Crippen LogP contribution in [-0.4, -0.2) is 0 Å². The standard InChI is InChI=1S/C39H19N3O2/c1-42-28-13-15-36-34(20-28)38-30(8-5-11-37(38)43-36)26-17-25(29-7-3-2-6-24(29)22-41)18-27(19-26)31-9-4-10-32-33-16-23(21-40)12-14-35(33)44-39(31)32/h2-20H. The predicted octanol–water partition coefficient (Wildman–Crippen LogP) is 10.8. The first kappa shape index (κ1) is 25.1. The zero-order valence-corrected chi connectivity index (χ0v) is 23.1. The molecule has 44 heavy (non-hydrogen) atoms. The average molecular weight is 562 g/mol. The van der Waals surface area contributed by atoms with E-state index in [1.54, 1.807) is 12.1 Å². The molecule has 6 aromatic carbocycles. The predicted molar refractivity (Wildman–Crippen MR) is 173 cm³/mol. The van der Waals surface area contributed by atoms with Crippen LogP contribution < -0.4 is 0 Å². The van der Waals surface area contributed by atoms with Gasteiger partial charge in [-0.1, -0.05) is 54.6 Å². The SMILES string of the molecule is [C-]#[N+]c1ccc2oc3cccc(-c4cc(-c5ccccc5C#N)cc(-c5cccc6c5oc5ccc(C#N)cc56)c4)c3c2c1. The molecule has 0 fully saturated rings. The van der Waals surface area contributed by atoms with Gasteiger partial charge in [0.25, 0.3) is 0 Å². The van der Waals surface area contributed by atoms with Gasteiger partial charge < -0.3 is 8.83 Å². The Hall–Kier alpha value is -6.61. The second-order valence-corrected chi connectivity index (χ2v) is 10.6. The summed E-state index contributed by atoms with van der Waals surface area (Å²) in [6.07, 6.45) is 0. The highest BCUT2D eigenvalue weighted by Crippen LogP contribution is 2.43. The molecule has 2 aromatic heterocycles. The van der Waals surface area contributed by atoms with E-state index in [0.29, 0.717) is 22.4 Å². The second-order valence-electron chi connectivity index (χ2n) is 10.6. The normalized spacial score (nSPS) is 11.1. The maximum Gasteiger partial charge on any atom is 0.188 e. The van der Waals surface area contributed by atoms with E-state index in [-0.39, 0.29) is 0 Å². The van der Waals surface area contributed by atoms with E-state index in [1.165, 1.54) is 0 Å². The van der Waals surface area contributed by atoms with Gasteiger partial charge in [0, 0.05) is 27.1 Å². The number of hydrogen-bond acceptors (Lipinski definition) is 4. The van der Waals surface area contributed by atoms with E-state index >= 15 is 0 Å². The van der Waals surface area contributed by atoms with Crippen LogP contribution in [0, 0.1) is 29.2 Å². The molecule has 0 spiro atoms. The van der Waals surface area contributed by atoms with Gasteiger partial charge in [-0.2, -0.15) is 10.5 Å². The van der Waals surface area contributed by atoms with Gasteiger partial charge in [0.05, 0.1) is 29.8 Å². The molecule has 0 saturated heterocycles. The Kier molecular flexibility index (Phi) is 5.56. The van der Waals surface area contributed by atoms with Crippen molar-refractivity contribution in [2.24, 2.45) is 0 Å². The van der Waals surface area contributed by atoms with Gasteiger partial charge in [0.1, 0.15) is 22.3 Å². The summed E-state index contributed by atoms with van der Waals surface area (Å²) >= 11 is 0. The lowest BCUT2D eigenvalue weighted by Gasteiger charge is -2.13. The third-order valence-electron chi connectivity index (χ3n) is 8.15. The maximum absolute atomic E-state index is 9.97. The first-order valence-corrected chi connectivity index (χ1v) is 14.0. The fourth-order valence-electron chi connectivity index (χ4n) is 6.15. The third-order valence-corrected chi connectivity index (χ3v) is 8.15. The first-order chi connectivity index (χ1) is 21.6. The van der Waals surface area contributed by atoms with Crippen LogP contribution in [0.2, 0.25) is 0 Å². The molecule has 0 aliphatic heterocycles. The molecule has 0 unspecified atom stereocenters. The summed E-state index contributed by atoms with van der Waals surface area (Å²) in [6.45, 7) is 7.56. The number of para-hydroxylation sites is 1. The van der Waals surface area contributed by atoms with Gasteiger partial charge in [-0.25, -0.2) is 4.85 Å². The molecule has 8 rings (SSSR count). The van der Waals surface area contributed by atoms with Gasteiger partial charge in [0.15, 0.2) is 5.69 Å². The molecule has 0 atom stereocenters. The fourth-order valence-corrected chi connectivity index (χ4v) is 6.15. The Bertz CT molecular complexity index is 2600. The Morgan fingerprint density at radius 2 is 1.25 bits per heavy atom. The number of rotatable bonds is 3. The highest BCUT2D eigenvalue weighted by molar-refractivity contribution is 6.14. The third kappa shape index (κ3) is 3.84. The maximum atomic E-state index is 9.97. The summed E-state index contributed by atoms with van der Waals surface area (Å²) < 4.78 is 12.6. The molecule has 5 nitrogen and oxygen atoms in total. The van der Waals surface area contributed by atoms with Gasteiger partial charge in [-0.3, -0.25) is 0 Å². The zero-order chi connectivity index (χ0) is 29.8. The van der Waals surface area contributed by atoms with E-state index in [9.17, 15) is 10.5 Å². The zero-order valence-electron chi connectivity index (χ0n) is 23.1. The monoisotopic (exact) mass is 561 g/mol. The van der Waals surface area contributed by atoms with Crippen LogP contribution in [-0.2, 0) is 0 Å². The number of fused-ring (bicyclic) bond motifs is 6. The molecule has 0 aliphatic rings. The minimum absolute atomic E-state index is 0.545. The highest BCUT2D eigenvalue weighted by atomic mass is 16.3. The summed E-state index contributed by atoms with van der Waals surface area (Å²) in [4.78, 5) is 3.64. The molecule has 5 heteroatoms. The van der Waals surface area contributed by atoms with E-state index < -0.39 is 0 Å². The molecular weight excluding hydrogens is 542 g/mol. The number of hydrogen-bond donors (Lipinski definition) is 0. The molecule has 0 amide bonds. The quantitative estimate of drug-likeness (QED) is 0.201. The van der Waals surface area contributed by atoms with Crippen LogP contribution in [0.1, 0.15) is 11.1 Å². The topological polar surface area (TPSA) is 78.2 Å². The van der Waals surface area contributed by atoms with Crippen LogP contribution in [0.25, 0.3) is 82.1 Å². The number of nitriles is 2. The Labute approximate surface area is 251 Å². The van der Waals surface area contributed by atoms with Crippen LogP contribution in [0.3, 0.4) is 0 Å². The van der Waals surface area contributed by atoms with E-state index in [0.717, 1.165) is 71.7 Å². The highest BCUT2D eigenvalue weighted by Gasteiger charge is 2.18. The Balaban J connectivity index is 1.45. The van der Waals surface area contributed by atoms with E-state index in [1.807, 2.05) is 78.9 Å². The molecule has 0 saturated carbocycles. The molecule has 2 heterocycles. The van der Waals surface area contributed by atoms with Crippen LogP contribution >= 0.6 is 0 Å². The summed E-state index contributed by atoms with van der Waals surface area (Å²) in [7, 11) is 0. The first-order valence-electron chi connectivity index (χ1n) is 14.0. The van der Waals surface area contributed by atoms with E-state index in [2.05, 4.69) is 41.2 Å². The van der Waals surface area contributed by atoms with Gasteiger partial charge in [-0.05, 0) is 88.5 Å². The van der Waals surface area contributed by atoms with Crippen molar-refractivity contribution in [3.05, 3.63) is 138 Å². The van der Waals surface area contributed by atoms with Gasteiger partial charge in [0.2, 0.25) is 0 Å². The summed E-state index contributed by atoms with van der Waals surface area (Å²) in [6, 6.07) is 41.4. The lowest BCUT2D eigenvalue weighted by molar-refractivity contribution is 0.669. The van der Waals surface area contributed by atoms with Crippen molar-refractivity contribution in [2.75, 3.05) is 0 Å². The largest absolute Gasteiger partial charge is 0.456 e. The van der Waals surface area contributed by atoms with Crippen molar-refractivity contribution in [2.45, 2.75) is 0 Å². The van der Waals surface area contributed by atoms with Crippen molar-refractivity contribution in [3.63, 3.8) is 0 Å². The smallest absolute Gasteiger partial charge is 0.188 e. The number of nitrogens with zero attached hydrogens (tertiary/aromatic N) is 3. The Morgan fingerprint density at radius 3 is 2.07 bits per heavy atom. The summed E-state index contributed by atoms with van der Waals surface area (Å²) in [5.74, 6) is 0. The molecule has 0 radical (unpaired) electrons. The van der Waals surface area contributed by atoms with Crippen LogP contribution in [0.5, 0.6) is 0 Å². The minimum atomic E-state index is 0.545. The van der Waals surface area contributed by atoms with Gasteiger partial charge >= 0.3 is 0 Å². The minimum Gasteiger partial charge on any atom is -0.456 e. The van der Waals surface area contributed by atoms with E-state index in [4.69, 9.17) is 15.4 Å². The average Bonchev–Trinajstić information content (AvgIpc) is 3.65. The van der Waals surface area contributed by atoms with Crippen molar-refractivity contribution in [1.82, 2.24) is 0 Å². The molecular formula is C39H19N3O2. The molecule has 8 aromatic rings. The molecule has 202 valence electrons. The number of furan rings is 2. The Morgan fingerprint density at radius 1 is 0.545 bits per heavy atom. The molecule has 0 N–H and O–H groups in total. The van der Waals surface area contributed by atoms with Crippen molar-refractivity contribution >= 4 is 49.6 Å². The fraction of sp³-hybridized carbons (Fsp3) is 0. The molecule has 0 bridgehead atoms. The summed E-state index contributed by atoms with van der Waals surface area (Å²) in [5.41, 5.74) is 10.0. The van der Waals surface area contributed by atoms with Crippen LogP contribution in [0.15, 0.2) is 124 Å². The van der Waals surface area contributed by atoms with Crippen molar-refractivity contribution < 1.29 is 8.83 Å². The van der Waals surface area contributed by atoms with Crippen LogP contribution in [0.4, 0.5) is 5.69 Å². The lowest BCUT2D eigenvalue weighted by atomic mass is 9.90. The number of benzene rings is 6. The lowest BCUT2D eigenvalue weighted by Crippen LogP contribution is -1.89. The van der Waals surface area contributed by atoms with Crippen molar-refractivity contribution in [1.29, 1.82) is 10.5 Å².